The molecule has 0 unspecified atom stereocenters. The third kappa shape index (κ3) is 6.05. The van der Waals surface area contributed by atoms with E-state index >= 15 is 0 Å². The number of carbonyl (C=O) groups is 1. The van der Waals surface area contributed by atoms with E-state index in [1.54, 1.807) is 25.1 Å². The summed E-state index contributed by atoms with van der Waals surface area (Å²) < 4.78 is 46.3. The molecule has 162 valence electrons. The van der Waals surface area contributed by atoms with Crippen LogP contribution in [0.5, 0.6) is 5.75 Å². The largest absolute Gasteiger partial charge is 0.481 e. The molecule has 3 aromatic carbocycles. The fraction of sp³-hybridized carbons (Fsp3) is 0.174. The highest BCUT2D eigenvalue weighted by Crippen LogP contribution is 2.20. The Morgan fingerprint density at radius 2 is 1.68 bits per heavy atom. The van der Waals surface area contributed by atoms with E-state index in [1.807, 2.05) is 13.0 Å². The summed E-state index contributed by atoms with van der Waals surface area (Å²) in [5.74, 6) is -0.399. The maximum absolute atomic E-state index is 13.0. The first-order valence-corrected chi connectivity index (χ1v) is 11.2. The molecule has 0 aromatic heterocycles. The molecule has 0 spiro atoms. The summed E-state index contributed by atoms with van der Waals surface area (Å²) in [6.07, 6.45) is -0.382. The topological polar surface area (TPSA) is 84.5 Å². The lowest BCUT2D eigenvalue weighted by molar-refractivity contribution is -0.122. The third-order valence-electron chi connectivity index (χ3n) is 4.46. The van der Waals surface area contributed by atoms with Crippen molar-refractivity contribution in [1.29, 1.82) is 0 Å². The second kappa shape index (κ2) is 9.61. The zero-order chi connectivity index (χ0) is 22.4. The summed E-state index contributed by atoms with van der Waals surface area (Å²) in [6.45, 7) is 3.67. The van der Waals surface area contributed by atoms with Crippen molar-refractivity contribution in [2.45, 2.75) is 31.3 Å². The number of nitrogens with one attached hydrogen (secondary N) is 2. The van der Waals surface area contributed by atoms with Crippen molar-refractivity contribution < 1.29 is 22.3 Å². The molecular formula is C23H23FN2O4S. The van der Waals surface area contributed by atoms with Gasteiger partial charge in [0.2, 0.25) is 0 Å². The highest BCUT2D eigenvalue weighted by molar-refractivity contribution is 7.92. The summed E-state index contributed by atoms with van der Waals surface area (Å²) in [6, 6.07) is 18.3. The molecule has 3 aromatic rings. The van der Waals surface area contributed by atoms with Crippen molar-refractivity contribution in [2.24, 2.45) is 0 Å². The number of amides is 1. The quantitative estimate of drug-likeness (QED) is 0.528. The van der Waals surface area contributed by atoms with Crippen LogP contribution in [0.1, 0.15) is 18.9 Å². The molecule has 0 aliphatic heterocycles. The van der Waals surface area contributed by atoms with Gasteiger partial charge in [0.05, 0.1) is 4.90 Å². The van der Waals surface area contributed by atoms with Gasteiger partial charge in [-0.15, -0.1) is 0 Å². The van der Waals surface area contributed by atoms with Gasteiger partial charge in [0, 0.05) is 11.4 Å². The highest BCUT2D eigenvalue weighted by Gasteiger charge is 2.19. The average Bonchev–Trinajstić information content (AvgIpc) is 2.73. The van der Waals surface area contributed by atoms with Crippen LogP contribution in [0.3, 0.4) is 0 Å². The Morgan fingerprint density at radius 1 is 1.00 bits per heavy atom. The summed E-state index contributed by atoms with van der Waals surface area (Å²) in [4.78, 5) is 12.6. The average molecular weight is 443 g/mol. The van der Waals surface area contributed by atoms with E-state index in [9.17, 15) is 17.6 Å². The second-order valence-corrected chi connectivity index (χ2v) is 8.64. The standard InChI is InChI=1S/C23H23FN2O4S/c1-3-22(30-20-11-7-17(24)8-12-20)23(27)25-18-9-13-21(14-10-18)31(28,29)26-19-6-4-5-16(2)15-19/h4-15,22,26H,3H2,1-2H3,(H,25,27)/t22-/m1/s1. The molecule has 0 saturated carbocycles. The SMILES string of the molecule is CC[C@@H](Oc1ccc(F)cc1)C(=O)Nc1ccc(S(=O)(=O)Nc2cccc(C)c2)cc1. The van der Waals surface area contributed by atoms with Crippen LogP contribution >= 0.6 is 0 Å². The number of aryl methyl sites for hydroxylation is 1. The fourth-order valence-electron chi connectivity index (χ4n) is 2.86. The molecular weight excluding hydrogens is 419 g/mol. The number of halogens is 1. The first kappa shape index (κ1) is 22.3. The summed E-state index contributed by atoms with van der Waals surface area (Å²) in [5.41, 5.74) is 1.84. The minimum Gasteiger partial charge on any atom is -0.481 e. The lowest BCUT2D eigenvalue weighted by atomic mass is 10.2. The zero-order valence-corrected chi connectivity index (χ0v) is 17.9. The van der Waals surface area contributed by atoms with Gasteiger partial charge < -0.3 is 10.1 Å². The molecule has 31 heavy (non-hydrogen) atoms. The van der Waals surface area contributed by atoms with Gasteiger partial charge in [-0.1, -0.05) is 19.1 Å². The van der Waals surface area contributed by atoms with Gasteiger partial charge in [-0.25, -0.2) is 12.8 Å². The molecule has 0 aliphatic carbocycles. The predicted molar refractivity (Wildman–Crippen MR) is 118 cm³/mol. The normalized spacial score (nSPS) is 12.1. The highest BCUT2D eigenvalue weighted by atomic mass is 32.2. The van der Waals surface area contributed by atoms with E-state index in [1.165, 1.54) is 48.5 Å². The molecule has 0 aliphatic rings. The smallest absolute Gasteiger partial charge is 0.265 e. The van der Waals surface area contributed by atoms with Crippen LogP contribution in [0, 0.1) is 12.7 Å². The summed E-state index contributed by atoms with van der Waals surface area (Å²) in [5, 5.41) is 2.71. The van der Waals surface area contributed by atoms with Gasteiger partial charge in [-0.05, 0) is 79.6 Å². The van der Waals surface area contributed by atoms with Gasteiger partial charge in [-0.2, -0.15) is 0 Å². The molecule has 1 atom stereocenters. The van der Waals surface area contributed by atoms with Gasteiger partial charge in [-0.3, -0.25) is 9.52 Å². The Morgan fingerprint density at radius 3 is 2.29 bits per heavy atom. The number of anilines is 2. The molecule has 8 heteroatoms. The minimum atomic E-state index is -3.76. The number of benzene rings is 3. The van der Waals surface area contributed by atoms with Crippen molar-refractivity contribution in [1.82, 2.24) is 0 Å². The molecule has 0 fully saturated rings. The van der Waals surface area contributed by atoms with E-state index in [4.69, 9.17) is 4.74 Å². The zero-order valence-electron chi connectivity index (χ0n) is 17.1. The molecule has 0 radical (unpaired) electrons. The summed E-state index contributed by atoms with van der Waals surface area (Å²) >= 11 is 0. The van der Waals surface area contributed by atoms with E-state index < -0.39 is 21.9 Å². The summed E-state index contributed by atoms with van der Waals surface area (Å²) in [7, 11) is -3.76. The van der Waals surface area contributed by atoms with Gasteiger partial charge in [0.1, 0.15) is 11.6 Å². The predicted octanol–water partition coefficient (Wildman–Crippen LogP) is 4.73. The van der Waals surface area contributed by atoms with Crippen LogP contribution in [0.4, 0.5) is 15.8 Å². The molecule has 1 amide bonds. The maximum Gasteiger partial charge on any atom is 0.265 e. The van der Waals surface area contributed by atoms with Crippen LogP contribution in [0.25, 0.3) is 0 Å². The number of hydrogen-bond acceptors (Lipinski definition) is 4. The number of ether oxygens (including phenoxy) is 1. The lowest BCUT2D eigenvalue weighted by Crippen LogP contribution is -2.32. The fourth-order valence-corrected chi connectivity index (χ4v) is 3.91. The Balaban J connectivity index is 1.66. The molecule has 6 nitrogen and oxygen atoms in total. The Hall–Kier alpha value is -3.39. The Bertz CT molecular complexity index is 1150. The molecule has 0 saturated heterocycles. The molecule has 0 heterocycles. The minimum absolute atomic E-state index is 0.0709. The van der Waals surface area contributed by atoms with Crippen LogP contribution in [0.2, 0.25) is 0 Å². The molecule has 0 bridgehead atoms. The lowest BCUT2D eigenvalue weighted by Gasteiger charge is -2.17. The van der Waals surface area contributed by atoms with Crippen molar-refractivity contribution in [2.75, 3.05) is 10.0 Å². The molecule has 2 N–H and O–H groups in total. The number of rotatable bonds is 8. The number of sulfonamides is 1. The van der Waals surface area contributed by atoms with Crippen LogP contribution < -0.4 is 14.8 Å². The molecule has 3 rings (SSSR count). The van der Waals surface area contributed by atoms with Crippen LogP contribution in [-0.4, -0.2) is 20.4 Å². The van der Waals surface area contributed by atoms with E-state index in [0.29, 0.717) is 23.5 Å². The van der Waals surface area contributed by atoms with E-state index in [-0.39, 0.29) is 10.8 Å². The van der Waals surface area contributed by atoms with Crippen LogP contribution in [-0.2, 0) is 14.8 Å². The number of hydrogen-bond donors (Lipinski definition) is 2. The monoisotopic (exact) mass is 442 g/mol. The first-order chi connectivity index (χ1) is 14.8. The van der Waals surface area contributed by atoms with Crippen molar-refractivity contribution in [3.63, 3.8) is 0 Å². The van der Waals surface area contributed by atoms with E-state index in [0.717, 1.165) is 5.56 Å². The first-order valence-electron chi connectivity index (χ1n) is 9.69. The Kier molecular flexibility index (Phi) is 6.91. The maximum atomic E-state index is 13.0. The van der Waals surface area contributed by atoms with Crippen molar-refractivity contribution in [3.8, 4) is 5.75 Å². The van der Waals surface area contributed by atoms with Gasteiger partial charge in [0.15, 0.2) is 6.10 Å². The Labute approximate surface area is 181 Å². The second-order valence-electron chi connectivity index (χ2n) is 6.96. The third-order valence-corrected chi connectivity index (χ3v) is 5.85. The van der Waals surface area contributed by atoms with Gasteiger partial charge in [0.25, 0.3) is 15.9 Å². The van der Waals surface area contributed by atoms with E-state index in [2.05, 4.69) is 10.0 Å². The van der Waals surface area contributed by atoms with Crippen molar-refractivity contribution in [3.05, 3.63) is 84.2 Å². The van der Waals surface area contributed by atoms with Crippen LogP contribution in [0.15, 0.2) is 77.7 Å². The van der Waals surface area contributed by atoms with Crippen molar-refractivity contribution >= 4 is 27.3 Å². The van der Waals surface area contributed by atoms with Gasteiger partial charge >= 0.3 is 0 Å². The number of carbonyl (C=O) groups excluding carboxylic acids is 1.